The van der Waals surface area contributed by atoms with Crippen LogP contribution >= 0.6 is 0 Å². The topological polar surface area (TPSA) is 34.2 Å². The van der Waals surface area contributed by atoms with Gasteiger partial charge in [-0.25, -0.2) is 0 Å². The summed E-state index contributed by atoms with van der Waals surface area (Å²) in [6.45, 7) is 20.1. The van der Waals surface area contributed by atoms with Gasteiger partial charge in [0.25, 0.3) is 0 Å². The standard InChI is InChI=1S/C25H46N2O3/c1-23(2,3)26-11-7-19(8-12-26)25(17-28-18-25)27-13-9-20(10-14-27)29-21-15-22(16-21)30-24(4,5)6/h19-22H,7-18H2,1-6H3/t21-,22-. The van der Waals surface area contributed by atoms with E-state index < -0.39 is 0 Å². The van der Waals surface area contributed by atoms with Crippen LogP contribution in [0.15, 0.2) is 0 Å². The minimum Gasteiger partial charge on any atom is -0.377 e. The van der Waals surface area contributed by atoms with E-state index in [4.69, 9.17) is 14.2 Å². The lowest BCUT2D eigenvalue weighted by atomic mass is 9.73. The highest BCUT2D eigenvalue weighted by Crippen LogP contribution is 2.42. The maximum absolute atomic E-state index is 6.44. The molecular formula is C25H46N2O3. The van der Waals surface area contributed by atoms with E-state index in [9.17, 15) is 0 Å². The van der Waals surface area contributed by atoms with Gasteiger partial charge >= 0.3 is 0 Å². The number of rotatable bonds is 5. The fourth-order valence-corrected chi connectivity index (χ4v) is 6.01. The van der Waals surface area contributed by atoms with E-state index in [-0.39, 0.29) is 5.60 Å². The van der Waals surface area contributed by atoms with Crippen molar-refractivity contribution < 1.29 is 14.2 Å². The summed E-state index contributed by atoms with van der Waals surface area (Å²) in [5.74, 6) is 0.782. The van der Waals surface area contributed by atoms with Gasteiger partial charge in [-0.1, -0.05) is 0 Å². The van der Waals surface area contributed by atoms with Crippen molar-refractivity contribution in [2.24, 2.45) is 5.92 Å². The monoisotopic (exact) mass is 422 g/mol. The molecule has 0 radical (unpaired) electrons. The summed E-state index contributed by atoms with van der Waals surface area (Å²) in [6.07, 6.45) is 8.35. The Balaban J connectivity index is 1.22. The third-order valence-corrected chi connectivity index (χ3v) is 7.94. The first-order valence-electron chi connectivity index (χ1n) is 12.5. The number of likely N-dealkylation sites (tertiary alicyclic amines) is 2. The highest BCUT2D eigenvalue weighted by Gasteiger charge is 2.51. The average molecular weight is 423 g/mol. The Morgan fingerprint density at radius 2 is 1.37 bits per heavy atom. The summed E-state index contributed by atoms with van der Waals surface area (Å²) in [7, 11) is 0. The maximum atomic E-state index is 6.44. The Hall–Kier alpha value is -0.200. The summed E-state index contributed by atoms with van der Waals surface area (Å²) >= 11 is 0. The normalized spacial score (nSPS) is 32.6. The van der Waals surface area contributed by atoms with E-state index >= 15 is 0 Å². The smallest absolute Gasteiger partial charge is 0.0708 e. The lowest BCUT2D eigenvalue weighted by molar-refractivity contribution is -0.199. The van der Waals surface area contributed by atoms with Gasteiger partial charge < -0.3 is 14.2 Å². The molecule has 3 heterocycles. The minimum absolute atomic E-state index is 0.0385. The number of nitrogens with zero attached hydrogens (tertiary/aromatic N) is 2. The van der Waals surface area contributed by atoms with Crippen LogP contribution in [0.2, 0.25) is 0 Å². The van der Waals surface area contributed by atoms with Crippen LogP contribution < -0.4 is 0 Å². The van der Waals surface area contributed by atoms with E-state index in [1.165, 1.54) is 51.9 Å². The molecule has 0 aromatic carbocycles. The lowest BCUT2D eigenvalue weighted by Gasteiger charge is -2.58. The van der Waals surface area contributed by atoms with E-state index in [0.717, 1.165) is 32.0 Å². The molecule has 0 spiro atoms. The molecule has 3 saturated heterocycles. The van der Waals surface area contributed by atoms with Crippen LogP contribution in [0, 0.1) is 5.92 Å². The Kier molecular flexibility index (Phi) is 6.61. The van der Waals surface area contributed by atoms with Gasteiger partial charge in [-0.15, -0.1) is 0 Å². The van der Waals surface area contributed by atoms with Gasteiger partial charge in [0.15, 0.2) is 0 Å². The predicted octanol–water partition coefficient (Wildman–Crippen LogP) is 4.09. The van der Waals surface area contributed by atoms with Crippen molar-refractivity contribution in [1.82, 2.24) is 9.80 Å². The first-order valence-corrected chi connectivity index (χ1v) is 12.5. The number of ether oxygens (including phenoxy) is 3. The Labute approximate surface area is 184 Å². The van der Waals surface area contributed by atoms with E-state index in [2.05, 4.69) is 51.3 Å². The quantitative estimate of drug-likeness (QED) is 0.667. The van der Waals surface area contributed by atoms with E-state index in [1.54, 1.807) is 0 Å². The van der Waals surface area contributed by atoms with Crippen molar-refractivity contribution in [1.29, 1.82) is 0 Å². The summed E-state index contributed by atoms with van der Waals surface area (Å²) < 4.78 is 18.3. The molecule has 4 fully saturated rings. The van der Waals surface area contributed by atoms with Crippen LogP contribution in [-0.2, 0) is 14.2 Å². The first-order chi connectivity index (χ1) is 14.1. The van der Waals surface area contributed by atoms with E-state index in [1.807, 2.05) is 0 Å². The summed E-state index contributed by atoms with van der Waals surface area (Å²) in [5.41, 5.74) is 0.558. The molecule has 4 rings (SSSR count). The molecule has 174 valence electrons. The number of hydrogen-bond acceptors (Lipinski definition) is 5. The molecular weight excluding hydrogens is 376 g/mol. The second kappa shape index (κ2) is 8.62. The van der Waals surface area contributed by atoms with Gasteiger partial charge in [-0.05, 0) is 99.1 Å². The van der Waals surface area contributed by atoms with Crippen LogP contribution in [-0.4, -0.2) is 84.2 Å². The van der Waals surface area contributed by atoms with Crippen molar-refractivity contribution in [2.75, 3.05) is 39.4 Å². The fourth-order valence-electron chi connectivity index (χ4n) is 6.01. The fraction of sp³-hybridized carbons (Fsp3) is 1.00. The second-order valence-corrected chi connectivity index (χ2v) is 12.3. The van der Waals surface area contributed by atoms with Crippen molar-refractivity contribution in [3.05, 3.63) is 0 Å². The molecule has 0 N–H and O–H groups in total. The Bertz CT molecular complexity index is 556. The average Bonchev–Trinajstić information content (AvgIpc) is 2.59. The molecule has 1 aliphatic carbocycles. The van der Waals surface area contributed by atoms with Crippen molar-refractivity contribution >= 4 is 0 Å². The highest BCUT2D eigenvalue weighted by molar-refractivity contribution is 5.05. The summed E-state index contributed by atoms with van der Waals surface area (Å²) in [4.78, 5) is 5.44. The van der Waals surface area contributed by atoms with Gasteiger partial charge in [0, 0.05) is 18.6 Å². The summed E-state index contributed by atoms with van der Waals surface area (Å²) in [6, 6.07) is 0. The van der Waals surface area contributed by atoms with Gasteiger partial charge in [-0.3, -0.25) is 9.80 Å². The molecule has 0 aromatic rings. The van der Waals surface area contributed by atoms with Crippen molar-refractivity contribution in [2.45, 2.75) is 115 Å². The zero-order chi connectivity index (χ0) is 21.6. The van der Waals surface area contributed by atoms with Crippen LogP contribution in [0.5, 0.6) is 0 Å². The molecule has 4 aliphatic rings. The van der Waals surface area contributed by atoms with E-state index in [0.29, 0.717) is 29.4 Å². The first kappa shape index (κ1) is 23.0. The largest absolute Gasteiger partial charge is 0.377 e. The molecule has 5 nitrogen and oxygen atoms in total. The van der Waals surface area contributed by atoms with Gasteiger partial charge in [0.05, 0.1) is 42.7 Å². The molecule has 0 aromatic heterocycles. The molecule has 3 aliphatic heterocycles. The van der Waals surface area contributed by atoms with Crippen LogP contribution in [0.4, 0.5) is 0 Å². The summed E-state index contributed by atoms with van der Waals surface area (Å²) in [5, 5.41) is 0. The zero-order valence-corrected chi connectivity index (χ0v) is 20.4. The van der Waals surface area contributed by atoms with Crippen molar-refractivity contribution in [3.8, 4) is 0 Å². The molecule has 30 heavy (non-hydrogen) atoms. The predicted molar refractivity (Wildman–Crippen MR) is 121 cm³/mol. The molecule has 1 saturated carbocycles. The Morgan fingerprint density at radius 1 is 0.767 bits per heavy atom. The molecule has 0 unspecified atom stereocenters. The molecule has 0 atom stereocenters. The van der Waals surface area contributed by atoms with Crippen LogP contribution in [0.25, 0.3) is 0 Å². The molecule has 5 heteroatoms. The molecule has 0 bridgehead atoms. The Morgan fingerprint density at radius 3 is 1.83 bits per heavy atom. The van der Waals surface area contributed by atoms with Gasteiger partial charge in [0.2, 0.25) is 0 Å². The third-order valence-electron chi connectivity index (χ3n) is 7.94. The van der Waals surface area contributed by atoms with Crippen LogP contribution in [0.3, 0.4) is 0 Å². The van der Waals surface area contributed by atoms with Crippen LogP contribution in [0.1, 0.15) is 80.1 Å². The van der Waals surface area contributed by atoms with Gasteiger partial charge in [0.1, 0.15) is 0 Å². The SMILES string of the molecule is CC(C)(C)O[C@H]1C[C@H](OC2CCN(C3(C4CCN(C(C)(C)C)CC4)COC3)CC2)C1. The zero-order valence-electron chi connectivity index (χ0n) is 20.4. The minimum atomic E-state index is -0.0385. The highest BCUT2D eigenvalue weighted by atomic mass is 16.5. The van der Waals surface area contributed by atoms with Crippen molar-refractivity contribution in [3.63, 3.8) is 0 Å². The number of piperidine rings is 2. The van der Waals surface area contributed by atoms with Gasteiger partial charge in [-0.2, -0.15) is 0 Å². The maximum Gasteiger partial charge on any atom is 0.0708 e. The lowest BCUT2D eigenvalue weighted by Crippen LogP contribution is -2.69. The third kappa shape index (κ3) is 5.06. The number of hydrogen-bond donors (Lipinski definition) is 0. The molecule has 0 amide bonds. The second-order valence-electron chi connectivity index (χ2n) is 12.3.